The molecule has 1 saturated heterocycles. The molecule has 0 radical (unpaired) electrons. The van der Waals surface area contributed by atoms with Crippen LogP contribution in [0.15, 0.2) is 72.9 Å². The van der Waals surface area contributed by atoms with Gasteiger partial charge in [-0.05, 0) is 17.5 Å². The van der Waals surface area contributed by atoms with Crippen molar-refractivity contribution >= 4 is 5.65 Å². The Morgan fingerprint density at radius 2 is 1.59 bits per heavy atom. The molecule has 0 unspecified atom stereocenters. The third-order valence-electron chi connectivity index (χ3n) is 5.94. The van der Waals surface area contributed by atoms with Crippen LogP contribution >= 0.6 is 0 Å². The molecule has 32 heavy (non-hydrogen) atoms. The highest BCUT2D eigenvalue weighted by Crippen LogP contribution is 2.39. The van der Waals surface area contributed by atoms with Crippen LogP contribution in [0.1, 0.15) is 41.2 Å². The summed E-state index contributed by atoms with van der Waals surface area (Å²) in [5.41, 5.74) is 15.2. The summed E-state index contributed by atoms with van der Waals surface area (Å²) in [4.78, 5) is 4.95. The Hall–Kier alpha value is -3.27. The van der Waals surface area contributed by atoms with E-state index >= 15 is 0 Å². The predicted molar refractivity (Wildman–Crippen MR) is 121 cm³/mol. The van der Waals surface area contributed by atoms with Crippen molar-refractivity contribution in [3.05, 3.63) is 101 Å². The van der Waals surface area contributed by atoms with Crippen LogP contribution in [-0.2, 0) is 12.0 Å². The summed E-state index contributed by atoms with van der Waals surface area (Å²) in [6.45, 7) is 2.07. The zero-order valence-corrected chi connectivity index (χ0v) is 18.0. The Balaban J connectivity index is 1.78. The molecule has 0 spiro atoms. The average molecular weight is 431 g/mol. The lowest BCUT2D eigenvalue weighted by Gasteiger charge is -2.29. The minimum absolute atomic E-state index is 0.202. The van der Waals surface area contributed by atoms with Gasteiger partial charge in [0.25, 0.3) is 0 Å². The van der Waals surface area contributed by atoms with Crippen LogP contribution < -0.4 is 26.7 Å². The molecule has 5 N–H and O–H groups in total. The number of ether oxygens (including phenoxy) is 1. The Kier molecular flexibility index (Phi) is 5.38. The molecule has 2 aromatic heterocycles. The van der Waals surface area contributed by atoms with Crippen molar-refractivity contribution in [2.24, 2.45) is 0 Å². The fourth-order valence-electron chi connectivity index (χ4n) is 4.36. The Bertz CT molecular complexity index is 1180. The summed E-state index contributed by atoms with van der Waals surface area (Å²) in [6, 6.07) is 21.3. The number of fused-ring (bicyclic) bond motifs is 1. The number of pyridine rings is 1. The molecular formula is C24H26N6O2. The molecule has 3 heterocycles. The van der Waals surface area contributed by atoms with Gasteiger partial charge < -0.3 is 14.2 Å². The van der Waals surface area contributed by atoms with E-state index in [-0.39, 0.29) is 6.17 Å². The summed E-state index contributed by atoms with van der Waals surface area (Å²) in [5.74, 6) is 0.690. The van der Waals surface area contributed by atoms with E-state index < -0.39 is 5.60 Å². The SMILES string of the molecule is CCc1c(C(O)(c2ccccc2)c2ccccc2)nc2cc(OC)c(C3NNNN3)cn12. The van der Waals surface area contributed by atoms with Gasteiger partial charge in [0, 0.05) is 23.5 Å². The highest BCUT2D eigenvalue weighted by Gasteiger charge is 2.39. The van der Waals surface area contributed by atoms with E-state index in [1.807, 2.05) is 77.3 Å². The van der Waals surface area contributed by atoms with Gasteiger partial charge in [-0.25, -0.2) is 15.8 Å². The number of methoxy groups -OCH3 is 1. The molecule has 5 rings (SSSR count). The molecule has 1 aliphatic rings. The van der Waals surface area contributed by atoms with Gasteiger partial charge in [0.1, 0.15) is 23.3 Å². The lowest BCUT2D eigenvalue weighted by atomic mass is 9.82. The van der Waals surface area contributed by atoms with Crippen molar-refractivity contribution in [3.8, 4) is 5.75 Å². The van der Waals surface area contributed by atoms with Crippen LogP contribution in [0, 0.1) is 0 Å². The van der Waals surface area contributed by atoms with E-state index in [1.54, 1.807) is 7.11 Å². The fourth-order valence-corrected chi connectivity index (χ4v) is 4.36. The summed E-state index contributed by atoms with van der Waals surface area (Å²) in [7, 11) is 1.64. The normalized spacial score (nSPS) is 14.8. The Labute approximate surface area is 186 Å². The zero-order valence-electron chi connectivity index (χ0n) is 18.0. The third-order valence-corrected chi connectivity index (χ3v) is 5.94. The molecule has 0 saturated carbocycles. The topological polar surface area (TPSA) is 94.9 Å². The van der Waals surface area contributed by atoms with E-state index in [0.29, 0.717) is 23.5 Å². The molecule has 1 aliphatic heterocycles. The maximum absolute atomic E-state index is 12.3. The lowest BCUT2D eigenvalue weighted by Crippen LogP contribution is -2.33. The van der Waals surface area contributed by atoms with Gasteiger partial charge in [0.05, 0.1) is 7.11 Å². The van der Waals surface area contributed by atoms with E-state index in [9.17, 15) is 5.11 Å². The summed E-state index contributed by atoms with van der Waals surface area (Å²) >= 11 is 0. The highest BCUT2D eigenvalue weighted by molar-refractivity contribution is 5.56. The van der Waals surface area contributed by atoms with Crippen LogP contribution in [-0.4, -0.2) is 21.6 Å². The largest absolute Gasteiger partial charge is 0.496 e. The quantitative estimate of drug-likeness (QED) is 0.320. The number of aryl methyl sites for hydroxylation is 1. The molecule has 1 fully saturated rings. The van der Waals surface area contributed by atoms with Gasteiger partial charge in [-0.3, -0.25) is 0 Å². The standard InChI is InChI=1S/C24H26N6O2/c1-3-19-22(24(31,16-10-6-4-7-11-16)17-12-8-5-9-13-17)25-21-14-20(32-2)18(15-30(19)21)23-26-28-29-27-23/h4-15,23,26-29,31H,3H2,1-2H3. The molecule has 0 amide bonds. The first-order valence-electron chi connectivity index (χ1n) is 10.6. The number of aliphatic hydroxyl groups is 1. The zero-order chi connectivity index (χ0) is 22.1. The van der Waals surface area contributed by atoms with E-state index in [0.717, 1.165) is 22.4 Å². The fraction of sp³-hybridized carbons (Fsp3) is 0.208. The summed E-state index contributed by atoms with van der Waals surface area (Å²) in [6.07, 6.45) is 2.48. The van der Waals surface area contributed by atoms with Crippen molar-refractivity contribution in [2.45, 2.75) is 25.1 Å². The Morgan fingerprint density at radius 1 is 1.00 bits per heavy atom. The summed E-state index contributed by atoms with van der Waals surface area (Å²) in [5, 5.41) is 12.3. The van der Waals surface area contributed by atoms with Gasteiger partial charge >= 0.3 is 0 Å². The minimum atomic E-state index is -1.40. The molecule has 2 aromatic carbocycles. The van der Waals surface area contributed by atoms with Crippen molar-refractivity contribution in [1.82, 2.24) is 31.3 Å². The number of benzene rings is 2. The predicted octanol–water partition coefficient (Wildman–Crippen LogP) is 2.31. The maximum atomic E-state index is 12.3. The van der Waals surface area contributed by atoms with Crippen LogP contribution in [0.5, 0.6) is 5.75 Å². The number of nitrogens with one attached hydrogen (secondary N) is 4. The summed E-state index contributed by atoms with van der Waals surface area (Å²) < 4.78 is 7.69. The number of nitrogens with zero attached hydrogens (tertiary/aromatic N) is 2. The van der Waals surface area contributed by atoms with Gasteiger partial charge in [-0.1, -0.05) is 67.6 Å². The first kappa shape index (κ1) is 20.6. The van der Waals surface area contributed by atoms with Crippen LogP contribution in [0.2, 0.25) is 0 Å². The van der Waals surface area contributed by atoms with Crippen molar-refractivity contribution in [3.63, 3.8) is 0 Å². The second kappa shape index (κ2) is 8.34. The van der Waals surface area contributed by atoms with E-state index in [4.69, 9.17) is 9.72 Å². The van der Waals surface area contributed by atoms with Crippen LogP contribution in [0.4, 0.5) is 0 Å². The van der Waals surface area contributed by atoms with Crippen LogP contribution in [0.25, 0.3) is 5.65 Å². The van der Waals surface area contributed by atoms with Gasteiger partial charge in [0.2, 0.25) is 0 Å². The minimum Gasteiger partial charge on any atom is -0.496 e. The van der Waals surface area contributed by atoms with Crippen molar-refractivity contribution in [1.29, 1.82) is 0 Å². The van der Waals surface area contributed by atoms with E-state index in [1.165, 1.54) is 0 Å². The van der Waals surface area contributed by atoms with Crippen molar-refractivity contribution in [2.75, 3.05) is 7.11 Å². The molecule has 0 atom stereocenters. The average Bonchev–Trinajstić information content (AvgIpc) is 3.51. The molecular weight excluding hydrogens is 404 g/mol. The molecule has 8 nitrogen and oxygen atoms in total. The van der Waals surface area contributed by atoms with Gasteiger partial charge in [-0.2, -0.15) is 11.1 Å². The monoisotopic (exact) mass is 430 g/mol. The lowest BCUT2D eigenvalue weighted by molar-refractivity contribution is 0.120. The molecule has 0 bridgehead atoms. The van der Waals surface area contributed by atoms with Gasteiger partial charge in [0.15, 0.2) is 5.60 Å². The molecule has 0 aliphatic carbocycles. The second-order valence-electron chi connectivity index (χ2n) is 7.70. The number of hydrogen-bond acceptors (Lipinski definition) is 7. The molecule has 8 heteroatoms. The highest BCUT2D eigenvalue weighted by atomic mass is 16.5. The maximum Gasteiger partial charge on any atom is 0.159 e. The van der Waals surface area contributed by atoms with Crippen molar-refractivity contribution < 1.29 is 9.84 Å². The molecule has 4 aromatic rings. The first-order valence-corrected chi connectivity index (χ1v) is 10.6. The third kappa shape index (κ3) is 3.26. The van der Waals surface area contributed by atoms with E-state index in [2.05, 4.69) is 28.8 Å². The number of hydrogen-bond donors (Lipinski definition) is 5. The number of imidazole rings is 1. The number of aromatic nitrogens is 2. The number of hydrazine groups is 3. The number of rotatable bonds is 6. The smallest absolute Gasteiger partial charge is 0.159 e. The first-order chi connectivity index (χ1) is 15.7. The second-order valence-corrected chi connectivity index (χ2v) is 7.70. The van der Waals surface area contributed by atoms with Crippen LogP contribution in [0.3, 0.4) is 0 Å². The Morgan fingerprint density at radius 3 is 2.12 bits per heavy atom. The molecule has 164 valence electrons. The van der Waals surface area contributed by atoms with Gasteiger partial charge in [-0.15, -0.1) is 0 Å².